The lowest BCUT2D eigenvalue weighted by atomic mass is 10.1. The van der Waals surface area contributed by atoms with E-state index in [4.69, 9.17) is 4.52 Å². The predicted molar refractivity (Wildman–Crippen MR) is 66.3 cm³/mol. The van der Waals surface area contributed by atoms with Crippen LogP contribution >= 0.6 is 7.37 Å². The van der Waals surface area contributed by atoms with Crippen LogP contribution in [-0.2, 0) is 9.09 Å². The molecule has 0 bridgehead atoms. The van der Waals surface area contributed by atoms with Crippen molar-refractivity contribution in [3.8, 4) is 0 Å². The van der Waals surface area contributed by atoms with E-state index in [2.05, 4.69) is 19.2 Å². The zero-order valence-electron chi connectivity index (χ0n) is 9.93. The molecule has 0 amide bonds. The van der Waals surface area contributed by atoms with Crippen LogP contribution < -0.4 is 10.6 Å². The molecule has 16 heavy (non-hydrogen) atoms. The highest BCUT2D eigenvalue weighted by Crippen LogP contribution is 2.52. The summed E-state index contributed by atoms with van der Waals surface area (Å²) in [6.45, 7) is 6.51. The predicted octanol–water partition coefficient (Wildman–Crippen LogP) is 2.33. The topological polar surface area (TPSA) is 38.3 Å². The van der Waals surface area contributed by atoms with Crippen molar-refractivity contribution in [2.45, 2.75) is 32.1 Å². The van der Waals surface area contributed by atoms with Gasteiger partial charge < -0.3 is 4.52 Å². The second kappa shape index (κ2) is 3.99. The number of nitrogens with one attached hydrogen (secondary N) is 1. The minimum absolute atomic E-state index is 0.109. The van der Waals surface area contributed by atoms with Gasteiger partial charge in [0.2, 0.25) is 7.37 Å². The van der Waals surface area contributed by atoms with Crippen LogP contribution in [0.4, 0.5) is 0 Å². The Morgan fingerprint density at radius 1 is 1.38 bits per heavy atom. The zero-order valence-corrected chi connectivity index (χ0v) is 10.8. The summed E-state index contributed by atoms with van der Waals surface area (Å²) in [5.74, 6) is -0.140. The average molecular weight is 239 g/mol. The summed E-state index contributed by atoms with van der Waals surface area (Å²) < 4.78 is 18.4. The van der Waals surface area contributed by atoms with Gasteiger partial charge in [0.05, 0.1) is 12.4 Å². The van der Waals surface area contributed by atoms with E-state index in [1.807, 2.05) is 37.3 Å². The molecule has 1 heterocycles. The smallest absolute Gasteiger partial charge is 0.248 e. The fourth-order valence-electron chi connectivity index (χ4n) is 2.00. The van der Waals surface area contributed by atoms with Crippen molar-refractivity contribution >= 4 is 12.7 Å². The molecule has 0 aromatic heterocycles. The monoisotopic (exact) mass is 239 g/mol. The van der Waals surface area contributed by atoms with Crippen LogP contribution in [0.3, 0.4) is 0 Å². The zero-order chi connectivity index (χ0) is 11.8. The van der Waals surface area contributed by atoms with Crippen LogP contribution in [0.25, 0.3) is 0 Å². The molecule has 1 N–H and O–H groups in total. The summed E-state index contributed by atoms with van der Waals surface area (Å²) in [5.41, 5.74) is -0.109. The first-order chi connectivity index (χ1) is 7.44. The standard InChI is InChI=1S/C12H18NO2P/c1-10-13-12(2,3)9-15-16(10,14)11-7-5-4-6-8-11/h4-8,10,13H,9H2,1-3H3/t10-,16+/m1/s1. The van der Waals surface area contributed by atoms with Crippen molar-refractivity contribution in [3.05, 3.63) is 30.3 Å². The van der Waals surface area contributed by atoms with Gasteiger partial charge in [-0.05, 0) is 32.9 Å². The number of benzene rings is 1. The Morgan fingerprint density at radius 3 is 2.56 bits per heavy atom. The van der Waals surface area contributed by atoms with Gasteiger partial charge in [0.25, 0.3) is 0 Å². The van der Waals surface area contributed by atoms with Crippen LogP contribution in [0.15, 0.2) is 30.3 Å². The Labute approximate surface area is 96.7 Å². The van der Waals surface area contributed by atoms with E-state index in [9.17, 15) is 4.57 Å². The molecule has 2 atom stereocenters. The van der Waals surface area contributed by atoms with Crippen molar-refractivity contribution in [2.75, 3.05) is 6.61 Å². The molecule has 0 aliphatic carbocycles. The van der Waals surface area contributed by atoms with Crippen molar-refractivity contribution in [3.63, 3.8) is 0 Å². The summed E-state index contributed by atoms with van der Waals surface area (Å²) in [6.07, 6.45) is 0. The SMILES string of the molecule is C[C@@H]1NC(C)(C)CO[P@]1(=O)c1ccccc1. The number of hydrogen-bond donors (Lipinski definition) is 1. The molecule has 2 rings (SSSR count). The lowest BCUT2D eigenvalue weighted by Gasteiger charge is -2.40. The largest absolute Gasteiger partial charge is 0.322 e. The van der Waals surface area contributed by atoms with E-state index in [-0.39, 0.29) is 11.3 Å². The maximum Gasteiger partial charge on any atom is 0.248 e. The summed E-state index contributed by atoms with van der Waals surface area (Å²) in [7, 11) is -2.75. The third-order valence-corrected chi connectivity index (χ3v) is 5.52. The molecule has 1 aliphatic heterocycles. The summed E-state index contributed by atoms with van der Waals surface area (Å²) in [4.78, 5) is 0. The van der Waals surface area contributed by atoms with E-state index < -0.39 is 7.37 Å². The van der Waals surface area contributed by atoms with Gasteiger partial charge in [-0.3, -0.25) is 9.88 Å². The molecule has 1 aromatic rings. The highest BCUT2D eigenvalue weighted by molar-refractivity contribution is 7.67. The minimum Gasteiger partial charge on any atom is -0.322 e. The maximum absolute atomic E-state index is 12.8. The molecule has 0 spiro atoms. The molecule has 0 saturated carbocycles. The Kier molecular flexibility index (Phi) is 2.95. The molecule has 1 saturated heterocycles. The molecule has 88 valence electrons. The Bertz CT molecular complexity index is 416. The van der Waals surface area contributed by atoms with Gasteiger partial charge >= 0.3 is 0 Å². The normalized spacial score (nSPS) is 33.6. The molecule has 0 radical (unpaired) electrons. The molecule has 1 aromatic carbocycles. The summed E-state index contributed by atoms with van der Waals surface area (Å²) in [5, 5.41) is 4.15. The molecule has 1 aliphatic rings. The highest BCUT2D eigenvalue weighted by atomic mass is 31.2. The van der Waals surface area contributed by atoms with Crippen LogP contribution in [-0.4, -0.2) is 17.9 Å². The van der Waals surface area contributed by atoms with Gasteiger partial charge in [-0.1, -0.05) is 18.2 Å². The average Bonchev–Trinajstić information content (AvgIpc) is 2.25. The third kappa shape index (κ3) is 2.08. The van der Waals surface area contributed by atoms with Gasteiger partial charge in [-0.25, -0.2) is 0 Å². The van der Waals surface area contributed by atoms with Crippen LogP contribution in [0.1, 0.15) is 20.8 Å². The number of hydrogen-bond acceptors (Lipinski definition) is 3. The molecule has 3 nitrogen and oxygen atoms in total. The van der Waals surface area contributed by atoms with E-state index in [0.717, 1.165) is 5.30 Å². The van der Waals surface area contributed by atoms with Crippen molar-refractivity contribution < 1.29 is 9.09 Å². The fourth-order valence-corrected chi connectivity index (χ4v) is 4.44. The van der Waals surface area contributed by atoms with Crippen molar-refractivity contribution in [2.24, 2.45) is 0 Å². The quantitative estimate of drug-likeness (QED) is 0.764. The van der Waals surface area contributed by atoms with Crippen LogP contribution in [0.5, 0.6) is 0 Å². The Hall–Kier alpha value is -0.630. The molecule has 1 fully saturated rings. The summed E-state index contributed by atoms with van der Waals surface area (Å²) in [6, 6.07) is 9.45. The lowest BCUT2D eigenvalue weighted by molar-refractivity contribution is 0.174. The molecule has 0 unspecified atom stereocenters. The van der Waals surface area contributed by atoms with Gasteiger partial charge in [0.1, 0.15) is 0 Å². The van der Waals surface area contributed by atoms with Gasteiger partial charge in [0, 0.05) is 10.8 Å². The van der Waals surface area contributed by atoms with Gasteiger partial charge in [0.15, 0.2) is 0 Å². The van der Waals surface area contributed by atoms with Crippen molar-refractivity contribution in [1.29, 1.82) is 0 Å². The highest BCUT2D eigenvalue weighted by Gasteiger charge is 2.41. The van der Waals surface area contributed by atoms with Crippen LogP contribution in [0.2, 0.25) is 0 Å². The number of rotatable bonds is 1. The Morgan fingerprint density at radius 2 is 2.00 bits per heavy atom. The first kappa shape index (κ1) is 11.8. The van der Waals surface area contributed by atoms with E-state index >= 15 is 0 Å². The molecular formula is C12H18NO2P. The second-order valence-electron chi connectivity index (χ2n) is 4.91. The van der Waals surface area contributed by atoms with Gasteiger partial charge in [-0.2, -0.15) is 0 Å². The van der Waals surface area contributed by atoms with Crippen LogP contribution in [0, 0.1) is 0 Å². The maximum atomic E-state index is 12.8. The first-order valence-electron chi connectivity index (χ1n) is 5.52. The van der Waals surface area contributed by atoms with E-state index in [1.54, 1.807) is 0 Å². The second-order valence-corrected chi connectivity index (χ2v) is 7.65. The van der Waals surface area contributed by atoms with Gasteiger partial charge in [-0.15, -0.1) is 0 Å². The fraction of sp³-hybridized carbons (Fsp3) is 0.500. The summed E-state index contributed by atoms with van der Waals surface area (Å²) >= 11 is 0. The molecular weight excluding hydrogens is 221 g/mol. The molecule has 4 heteroatoms. The first-order valence-corrected chi connectivity index (χ1v) is 7.21. The Balaban J connectivity index is 2.31. The minimum atomic E-state index is -2.75. The lowest BCUT2D eigenvalue weighted by Crippen LogP contribution is -2.53. The van der Waals surface area contributed by atoms with Crippen molar-refractivity contribution in [1.82, 2.24) is 5.32 Å². The van der Waals surface area contributed by atoms with E-state index in [1.165, 1.54) is 0 Å². The third-order valence-electron chi connectivity index (χ3n) is 2.84. The van der Waals surface area contributed by atoms with E-state index in [0.29, 0.717) is 6.61 Å².